The fourth-order valence-corrected chi connectivity index (χ4v) is 2.43. The molecule has 5 nitrogen and oxygen atoms in total. The van der Waals surface area contributed by atoms with Gasteiger partial charge in [0.25, 0.3) is 0 Å². The van der Waals surface area contributed by atoms with Gasteiger partial charge in [0.05, 0.1) is 13.5 Å². The highest BCUT2D eigenvalue weighted by molar-refractivity contribution is 5.72. The number of carbonyl (C=O) groups is 2. The molecule has 1 unspecified atom stereocenters. The molecule has 0 N–H and O–H groups in total. The lowest BCUT2D eigenvalue weighted by Crippen LogP contribution is -2.23. The number of methoxy groups -OCH3 is 1. The average Bonchev–Trinajstić information content (AvgIpc) is 2.63. The van der Waals surface area contributed by atoms with Gasteiger partial charge in [-0.05, 0) is 37.0 Å². The lowest BCUT2D eigenvalue weighted by molar-refractivity contribution is -0.149. The third kappa shape index (κ3) is 6.59. The van der Waals surface area contributed by atoms with Crippen LogP contribution >= 0.6 is 0 Å². The van der Waals surface area contributed by atoms with Crippen molar-refractivity contribution in [1.29, 1.82) is 0 Å². The number of hydrogen-bond acceptors (Lipinski definition) is 5. The van der Waals surface area contributed by atoms with Crippen molar-refractivity contribution in [3.63, 3.8) is 0 Å². The number of rotatable bonds is 7. The molecule has 138 valence electrons. The van der Waals surface area contributed by atoms with Crippen LogP contribution in [0.1, 0.15) is 29.2 Å². The first-order chi connectivity index (χ1) is 12.5. The summed E-state index contributed by atoms with van der Waals surface area (Å²) in [7, 11) is 1.22. The molecule has 0 bridgehead atoms. The Morgan fingerprint density at radius 1 is 0.923 bits per heavy atom. The Hall–Kier alpha value is -2.82. The van der Waals surface area contributed by atoms with Crippen LogP contribution in [0, 0.1) is 6.92 Å². The molecule has 0 fully saturated rings. The third-order valence-electron chi connectivity index (χ3n) is 3.84. The SMILES string of the molecule is COC(=O)OCC(C)OC(=O)Cc1ccc(Cc2ccc(C)cc2)cc1. The van der Waals surface area contributed by atoms with Crippen LogP contribution in [0.2, 0.25) is 0 Å². The van der Waals surface area contributed by atoms with E-state index in [2.05, 4.69) is 35.9 Å². The van der Waals surface area contributed by atoms with E-state index in [0.717, 1.165) is 12.0 Å². The van der Waals surface area contributed by atoms with E-state index in [4.69, 9.17) is 9.47 Å². The number of aryl methyl sites for hydroxylation is 1. The van der Waals surface area contributed by atoms with Crippen molar-refractivity contribution in [3.8, 4) is 0 Å². The zero-order chi connectivity index (χ0) is 18.9. The maximum absolute atomic E-state index is 12.0. The Morgan fingerprint density at radius 3 is 2.04 bits per heavy atom. The number of ether oxygens (including phenoxy) is 3. The largest absolute Gasteiger partial charge is 0.508 e. The Kier molecular flexibility index (Phi) is 7.21. The molecular weight excluding hydrogens is 332 g/mol. The Labute approximate surface area is 153 Å². The molecule has 0 radical (unpaired) electrons. The van der Waals surface area contributed by atoms with E-state index < -0.39 is 12.3 Å². The van der Waals surface area contributed by atoms with Gasteiger partial charge in [-0.3, -0.25) is 4.79 Å². The van der Waals surface area contributed by atoms with Gasteiger partial charge in [0.15, 0.2) is 0 Å². The maximum Gasteiger partial charge on any atom is 0.508 e. The zero-order valence-corrected chi connectivity index (χ0v) is 15.4. The fraction of sp³-hybridized carbons (Fsp3) is 0.333. The molecule has 1 atom stereocenters. The van der Waals surface area contributed by atoms with Gasteiger partial charge in [0, 0.05) is 0 Å². The first-order valence-corrected chi connectivity index (χ1v) is 8.50. The minimum absolute atomic E-state index is 0.0338. The highest BCUT2D eigenvalue weighted by Gasteiger charge is 2.13. The summed E-state index contributed by atoms with van der Waals surface area (Å²) in [5.41, 5.74) is 4.56. The Balaban J connectivity index is 1.81. The summed E-state index contributed by atoms with van der Waals surface area (Å²) in [6.07, 6.45) is -0.292. The van der Waals surface area contributed by atoms with E-state index in [-0.39, 0.29) is 19.0 Å². The van der Waals surface area contributed by atoms with Crippen molar-refractivity contribution in [3.05, 3.63) is 70.8 Å². The minimum atomic E-state index is -0.794. The standard InChI is InChI=1S/C21H24O5/c1-15-4-6-17(7-5-15)12-18-8-10-19(11-9-18)13-20(22)26-16(2)14-25-21(23)24-3/h4-11,16H,12-14H2,1-3H3. The Morgan fingerprint density at radius 2 is 1.46 bits per heavy atom. The maximum atomic E-state index is 12.0. The molecule has 0 saturated heterocycles. The average molecular weight is 356 g/mol. The van der Waals surface area contributed by atoms with Gasteiger partial charge in [-0.1, -0.05) is 54.1 Å². The van der Waals surface area contributed by atoms with Crippen LogP contribution in [-0.4, -0.2) is 31.9 Å². The van der Waals surface area contributed by atoms with Crippen molar-refractivity contribution in [2.24, 2.45) is 0 Å². The number of hydrogen-bond donors (Lipinski definition) is 0. The summed E-state index contributed by atoms with van der Waals surface area (Å²) in [6, 6.07) is 16.4. The van der Waals surface area contributed by atoms with Crippen molar-refractivity contribution in [1.82, 2.24) is 0 Å². The summed E-state index contributed by atoms with van der Waals surface area (Å²) in [5.74, 6) is -0.364. The Bertz CT molecular complexity index is 719. The molecule has 0 heterocycles. The van der Waals surface area contributed by atoms with Gasteiger partial charge in [-0.2, -0.15) is 0 Å². The van der Waals surface area contributed by atoms with Crippen LogP contribution in [0.3, 0.4) is 0 Å². The highest BCUT2D eigenvalue weighted by atomic mass is 16.7. The predicted molar refractivity (Wildman–Crippen MR) is 98.0 cm³/mol. The second-order valence-electron chi connectivity index (χ2n) is 6.22. The normalized spacial score (nSPS) is 11.5. The lowest BCUT2D eigenvalue weighted by atomic mass is 10.0. The third-order valence-corrected chi connectivity index (χ3v) is 3.84. The van der Waals surface area contributed by atoms with Crippen LogP contribution in [-0.2, 0) is 31.8 Å². The predicted octanol–water partition coefficient (Wildman–Crippen LogP) is 3.84. The fourth-order valence-electron chi connectivity index (χ4n) is 2.43. The topological polar surface area (TPSA) is 61.8 Å². The molecule has 2 rings (SSSR count). The summed E-state index contributed by atoms with van der Waals surface area (Å²) in [6.45, 7) is 3.69. The smallest absolute Gasteiger partial charge is 0.459 e. The molecule has 5 heteroatoms. The van der Waals surface area contributed by atoms with Crippen LogP contribution in [0.4, 0.5) is 4.79 Å². The van der Waals surface area contributed by atoms with Crippen LogP contribution in [0.25, 0.3) is 0 Å². The molecule has 2 aromatic carbocycles. The van der Waals surface area contributed by atoms with Crippen molar-refractivity contribution >= 4 is 12.1 Å². The van der Waals surface area contributed by atoms with Crippen LogP contribution in [0.5, 0.6) is 0 Å². The summed E-state index contributed by atoms with van der Waals surface area (Å²) < 4.78 is 14.3. The minimum Gasteiger partial charge on any atom is -0.459 e. The van der Waals surface area contributed by atoms with Crippen LogP contribution in [0.15, 0.2) is 48.5 Å². The van der Waals surface area contributed by atoms with E-state index in [1.807, 2.05) is 24.3 Å². The molecule has 0 aromatic heterocycles. The van der Waals surface area contributed by atoms with Crippen LogP contribution < -0.4 is 0 Å². The quantitative estimate of drug-likeness (QED) is 0.705. The van der Waals surface area contributed by atoms with Crippen molar-refractivity contribution < 1.29 is 23.8 Å². The molecule has 0 spiro atoms. The molecule has 0 saturated carbocycles. The van der Waals surface area contributed by atoms with E-state index in [1.165, 1.54) is 23.8 Å². The molecule has 0 amide bonds. The van der Waals surface area contributed by atoms with Gasteiger partial charge in [0.2, 0.25) is 0 Å². The van der Waals surface area contributed by atoms with Gasteiger partial charge in [-0.25, -0.2) is 4.79 Å². The molecular formula is C21H24O5. The van der Waals surface area contributed by atoms with E-state index in [9.17, 15) is 9.59 Å². The van der Waals surface area contributed by atoms with Gasteiger partial charge in [0.1, 0.15) is 12.7 Å². The first kappa shape index (κ1) is 19.5. The van der Waals surface area contributed by atoms with E-state index in [0.29, 0.717) is 0 Å². The lowest BCUT2D eigenvalue weighted by Gasteiger charge is -2.13. The second-order valence-corrected chi connectivity index (χ2v) is 6.22. The first-order valence-electron chi connectivity index (χ1n) is 8.50. The highest BCUT2D eigenvalue weighted by Crippen LogP contribution is 2.13. The molecule has 26 heavy (non-hydrogen) atoms. The monoisotopic (exact) mass is 356 g/mol. The number of carbonyl (C=O) groups excluding carboxylic acids is 2. The van der Waals surface area contributed by atoms with Gasteiger partial charge < -0.3 is 14.2 Å². The number of esters is 1. The summed E-state index contributed by atoms with van der Waals surface area (Å²) in [4.78, 5) is 22.8. The second kappa shape index (κ2) is 9.61. The number of benzene rings is 2. The summed E-state index contributed by atoms with van der Waals surface area (Å²) >= 11 is 0. The van der Waals surface area contributed by atoms with Crippen molar-refractivity contribution in [2.45, 2.75) is 32.8 Å². The van der Waals surface area contributed by atoms with E-state index in [1.54, 1.807) is 6.92 Å². The van der Waals surface area contributed by atoms with E-state index >= 15 is 0 Å². The molecule has 0 aliphatic heterocycles. The molecule has 0 aliphatic rings. The van der Waals surface area contributed by atoms with Gasteiger partial charge >= 0.3 is 12.1 Å². The molecule has 0 aliphatic carbocycles. The van der Waals surface area contributed by atoms with Gasteiger partial charge in [-0.15, -0.1) is 0 Å². The summed E-state index contributed by atoms with van der Waals surface area (Å²) in [5, 5.41) is 0. The molecule has 2 aromatic rings. The van der Waals surface area contributed by atoms with Crippen molar-refractivity contribution in [2.75, 3.05) is 13.7 Å². The zero-order valence-electron chi connectivity index (χ0n) is 15.4.